The van der Waals surface area contributed by atoms with E-state index >= 15 is 0 Å². The van der Waals surface area contributed by atoms with Gasteiger partial charge in [-0.3, -0.25) is 9.52 Å². The quantitative estimate of drug-likeness (QED) is 0.572. The number of halogens is 2. The second kappa shape index (κ2) is 8.86. The summed E-state index contributed by atoms with van der Waals surface area (Å²) < 4.78 is 27.4. The highest BCUT2D eigenvalue weighted by molar-refractivity contribution is 7.92. The largest absolute Gasteiger partial charge is 0.337 e. The maximum atomic E-state index is 12.7. The molecule has 0 aliphatic heterocycles. The van der Waals surface area contributed by atoms with Crippen LogP contribution >= 0.6 is 23.2 Å². The summed E-state index contributed by atoms with van der Waals surface area (Å²) in [6.45, 7) is 0.399. The summed E-state index contributed by atoms with van der Waals surface area (Å²) in [7, 11) is -2.09. The molecule has 0 saturated heterocycles. The summed E-state index contributed by atoms with van der Waals surface area (Å²) in [5.74, 6) is -0.237. The number of hydrogen-bond acceptors (Lipinski definition) is 3. The normalized spacial score (nSPS) is 11.1. The number of anilines is 1. The molecular formula is C21H18Cl2N2O3S. The minimum absolute atomic E-state index is 0.124. The van der Waals surface area contributed by atoms with Gasteiger partial charge in [0.05, 0.1) is 15.6 Å². The highest BCUT2D eigenvalue weighted by Crippen LogP contribution is 2.26. The van der Waals surface area contributed by atoms with Gasteiger partial charge < -0.3 is 4.90 Å². The van der Waals surface area contributed by atoms with Gasteiger partial charge in [0.2, 0.25) is 0 Å². The van der Waals surface area contributed by atoms with Gasteiger partial charge in [0.25, 0.3) is 15.9 Å². The van der Waals surface area contributed by atoms with E-state index in [1.165, 1.54) is 30.3 Å². The van der Waals surface area contributed by atoms with Crippen LogP contribution in [0.4, 0.5) is 5.69 Å². The van der Waals surface area contributed by atoms with Crippen molar-refractivity contribution in [3.05, 3.63) is 94.0 Å². The van der Waals surface area contributed by atoms with Crippen molar-refractivity contribution in [2.75, 3.05) is 11.8 Å². The van der Waals surface area contributed by atoms with Crippen molar-refractivity contribution >= 4 is 44.8 Å². The smallest absolute Gasteiger partial charge is 0.261 e. The maximum Gasteiger partial charge on any atom is 0.261 e. The van der Waals surface area contributed by atoms with Crippen molar-refractivity contribution in [1.82, 2.24) is 4.90 Å². The lowest BCUT2D eigenvalue weighted by atomic mass is 10.1. The van der Waals surface area contributed by atoms with Gasteiger partial charge in [-0.15, -0.1) is 0 Å². The van der Waals surface area contributed by atoms with Crippen molar-refractivity contribution in [3.8, 4) is 0 Å². The number of hydrogen-bond donors (Lipinski definition) is 1. The van der Waals surface area contributed by atoms with Crippen LogP contribution < -0.4 is 4.72 Å². The Hall–Kier alpha value is -2.54. The van der Waals surface area contributed by atoms with E-state index in [-0.39, 0.29) is 21.5 Å². The first kappa shape index (κ1) is 21.2. The standard InChI is InChI=1S/C21H18Cl2N2O3S/c1-25(14-15-7-10-17(22)11-8-15)21(26)16-9-12-20(19(23)13-16)24-29(27,28)18-5-3-2-4-6-18/h2-13,24H,14H2,1H3. The first-order valence-corrected chi connectivity index (χ1v) is 10.9. The van der Waals surface area contributed by atoms with Gasteiger partial charge in [0.1, 0.15) is 0 Å². The summed E-state index contributed by atoms with van der Waals surface area (Å²) in [6, 6.07) is 19.7. The molecule has 0 saturated carbocycles. The van der Waals surface area contributed by atoms with Crippen LogP contribution in [0.3, 0.4) is 0 Å². The van der Waals surface area contributed by atoms with Crippen LogP contribution in [-0.4, -0.2) is 26.3 Å². The third-order valence-electron chi connectivity index (χ3n) is 4.19. The Labute approximate surface area is 179 Å². The van der Waals surface area contributed by atoms with E-state index in [0.717, 1.165) is 5.56 Å². The number of amides is 1. The van der Waals surface area contributed by atoms with Gasteiger partial charge in [-0.05, 0) is 48.0 Å². The average Bonchev–Trinajstić information content (AvgIpc) is 2.71. The third kappa shape index (κ3) is 5.29. The van der Waals surface area contributed by atoms with E-state index in [1.54, 1.807) is 42.3 Å². The van der Waals surface area contributed by atoms with Crippen molar-refractivity contribution in [1.29, 1.82) is 0 Å². The number of rotatable bonds is 6. The van der Waals surface area contributed by atoms with E-state index in [0.29, 0.717) is 17.1 Å². The SMILES string of the molecule is CN(Cc1ccc(Cl)cc1)C(=O)c1ccc(NS(=O)(=O)c2ccccc2)c(Cl)c1. The van der Waals surface area contributed by atoms with Crippen LogP contribution in [0.5, 0.6) is 0 Å². The van der Waals surface area contributed by atoms with Gasteiger partial charge in [0.15, 0.2) is 0 Å². The molecule has 0 aliphatic rings. The van der Waals surface area contributed by atoms with Crippen LogP contribution in [0.25, 0.3) is 0 Å². The lowest BCUT2D eigenvalue weighted by Gasteiger charge is -2.18. The molecule has 0 aromatic heterocycles. The van der Waals surface area contributed by atoms with Crippen molar-refractivity contribution in [2.45, 2.75) is 11.4 Å². The molecule has 0 radical (unpaired) electrons. The minimum Gasteiger partial charge on any atom is -0.337 e. The number of sulfonamides is 1. The van der Waals surface area contributed by atoms with E-state index in [2.05, 4.69) is 4.72 Å². The molecule has 0 unspecified atom stereocenters. The number of carbonyl (C=O) groups excluding carboxylic acids is 1. The Bertz CT molecular complexity index is 1120. The first-order valence-electron chi connectivity index (χ1n) is 8.63. The Balaban J connectivity index is 1.74. The molecule has 29 heavy (non-hydrogen) atoms. The molecule has 150 valence electrons. The zero-order valence-corrected chi connectivity index (χ0v) is 17.8. The molecule has 0 heterocycles. The molecule has 0 atom stereocenters. The van der Waals surface area contributed by atoms with Gasteiger partial charge in [-0.25, -0.2) is 8.42 Å². The molecule has 1 N–H and O–H groups in total. The molecular weight excluding hydrogens is 431 g/mol. The summed E-state index contributed by atoms with van der Waals surface area (Å²) in [5, 5.41) is 0.762. The Morgan fingerprint density at radius 3 is 2.24 bits per heavy atom. The van der Waals surface area contributed by atoms with Crippen LogP contribution in [-0.2, 0) is 16.6 Å². The van der Waals surface area contributed by atoms with Crippen LogP contribution in [0.2, 0.25) is 10.0 Å². The van der Waals surface area contributed by atoms with Crippen molar-refractivity contribution < 1.29 is 13.2 Å². The van der Waals surface area contributed by atoms with Gasteiger partial charge in [0, 0.05) is 24.2 Å². The number of carbonyl (C=O) groups is 1. The lowest BCUT2D eigenvalue weighted by Crippen LogP contribution is -2.26. The molecule has 0 fully saturated rings. The minimum atomic E-state index is -3.77. The predicted molar refractivity (Wildman–Crippen MR) is 116 cm³/mol. The van der Waals surface area contributed by atoms with E-state index < -0.39 is 10.0 Å². The second-order valence-corrected chi connectivity index (χ2v) is 8.93. The number of nitrogens with one attached hydrogen (secondary N) is 1. The Kier molecular flexibility index (Phi) is 6.47. The molecule has 1 amide bonds. The summed E-state index contributed by atoms with van der Waals surface area (Å²) in [4.78, 5) is 14.4. The first-order chi connectivity index (χ1) is 13.8. The monoisotopic (exact) mass is 448 g/mol. The molecule has 0 spiro atoms. The van der Waals surface area contributed by atoms with Crippen molar-refractivity contribution in [3.63, 3.8) is 0 Å². The van der Waals surface area contributed by atoms with Gasteiger partial charge in [-0.2, -0.15) is 0 Å². The summed E-state index contributed by atoms with van der Waals surface area (Å²) >= 11 is 12.1. The molecule has 5 nitrogen and oxygen atoms in total. The zero-order valence-electron chi connectivity index (χ0n) is 15.5. The summed E-state index contributed by atoms with van der Waals surface area (Å²) in [6.07, 6.45) is 0. The van der Waals surface area contributed by atoms with Gasteiger partial charge >= 0.3 is 0 Å². The average molecular weight is 449 g/mol. The molecule has 3 rings (SSSR count). The highest BCUT2D eigenvalue weighted by Gasteiger charge is 2.18. The van der Waals surface area contributed by atoms with Crippen molar-refractivity contribution in [2.24, 2.45) is 0 Å². The van der Waals surface area contributed by atoms with E-state index in [4.69, 9.17) is 23.2 Å². The number of nitrogens with zero attached hydrogens (tertiary/aromatic N) is 1. The molecule has 3 aromatic carbocycles. The highest BCUT2D eigenvalue weighted by atomic mass is 35.5. The predicted octanol–water partition coefficient (Wildman–Crippen LogP) is 5.07. The maximum absolute atomic E-state index is 12.7. The van der Waals surface area contributed by atoms with E-state index in [9.17, 15) is 13.2 Å². The topological polar surface area (TPSA) is 66.5 Å². The lowest BCUT2D eigenvalue weighted by molar-refractivity contribution is 0.0785. The molecule has 8 heteroatoms. The van der Waals surface area contributed by atoms with Crippen LogP contribution in [0, 0.1) is 0 Å². The zero-order chi connectivity index (χ0) is 21.0. The van der Waals surface area contributed by atoms with E-state index in [1.807, 2.05) is 12.1 Å². The Morgan fingerprint density at radius 2 is 1.62 bits per heavy atom. The fourth-order valence-electron chi connectivity index (χ4n) is 2.69. The van der Waals surface area contributed by atoms with Crippen LogP contribution in [0.1, 0.15) is 15.9 Å². The molecule has 0 aliphatic carbocycles. The number of benzene rings is 3. The molecule has 3 aromatic rings. The fraction of sp³-hybridized carbons (Fsp3) is 0.0952. The Morgan fingerprint density at radius 1 is 0.966 bits per heavy atom. The van der Waals surface area contributed by atoms with Gasteiger partial charge in [-0.1, -0.05) is 53.5 Å². The van der Waals surface area contributed by atoms with Crippen LogP contribution in [0.15, 0.2) is 77.7 Å². The second-order valence-electron chi connectivity index (χ2n) is 6.40. The fourth-order valence-corrected chi connectivity index (χ4v) is 4.20. The molecule has 0 bridgehead atoms. The summed E-state index contributed by atoms with van der Waals surface area (Å²) in [5.41, 5.74) is 1.49. The third-order valence-corrected chi connectivity index (χ3v) is 6.14.